The molecule has 0 N–H and O–H groups in total. The lowest BCUT2D eigenvalue weighted by Gasteiger charge is -2.06. The van der Waals surface area contributed by atoms with Gasteiger partial charge in [-0.05, 0) is 66.2 Å². The first-order chi connectivity index (χ1) is 11.0. The number of carbonyl (C=O) groups excluding carboxylic acids is 1. The Morgan fingerprint density at radius 2 is 1.70 bits per heavy atom. The molecule has 0 fully saturated rings. The Hall–Kier alpha value is -2.34. The van der Waals surface area contributed by atoms with Crippen molar-refractivity contribution >= 4 is 21.9 Å². The fourth-order valence-electron chi connectivity index (χ4n) is 2.52. The van der Waals surface area contributed by atoms with Crippen LogP contribution in [0.25, 0.3) is 11.5 Å². The van der Waals surface area contributed by atoms with E-state index in [9.17, 15) is 4.79 Å². The van der Waals surface area contributed by atoms with Gasteiger partial charge < -0.3 is 9.30 Å². The third-order valence-corrected chi connectivity index (χ3v) is 4.25. The number of aromatic nitrogens is 3. The molecule has 0 saturated carbocycles. The lowest BCUT2D eigenvalue weighted by molar-refractivity contribution is 0.0600. The summed E-state index contributed by atoms with van der Waals surface area (Å²) in [6.07, 6.45) is 0. The molecule has 1 aromatic carbocycles. The summed E-state index contributed by atoms with van der Waals surface area (Å²) in [6.45, 7) is 4.09. The van der Waals surface area contributed by atoms with Crippen LogP contribution < -0.4 is 0 Å². The van der Waals surface area contributed by atoms with Crippen molar-refractivity contribution in [1.82, 2.24) is 14.3 Å². The maximum atomic E-state index is 11.5. The molecule has 2 heterocycles. The minimum Gasteiger partial charge on any atom is -0.465 e. The van der Waals surface area contributed by atoms with Gasteiger partial charge in [0, 0.05) is 17.5 Å². The maximum Gasteiger partial charge on any atom is 0.337 e. The van der Waals surface area contributed by atoms with Crippen molar-refractivity contribution in [3.63, 3.8) is 0 Å². The molecule has 118 valence electrons. The molecular formula is C17H16BrN3O2. The number of hydrogen-bond donors (Lipinski definition) is 0. The van der Waals surface area contributed by atoms with E-state index in [4.69, 9.17) is 4.74 Å². The number of ether oxygens (including phenoxy) is 1. The predicted octanol–water partition coefficient (Wildman–Crippen LogP) is 3.83. The standard InChI is InChI=1S/C17H16BrN3O2/c1-11-4-5-12(2)20(11)16-10-15(18)21(19-16)14-8-6-13(7-9-14)17(22)23-3/h4-10H,1-3H3. The van der Waals surface area contributed by atoms with Crippen molar-refractivity contribution in [3.8, 4) is 11.5 Å². The molecule has 0 atom stereocenters. The van der Waals surface area contributed by atoms with Gasteiger partial charge in [-0.25, -0.2) is 9.48 Å². The van der Waals surface area contributed by atoms with E-state index in [-0.39, 0.29) is 5.97 Å². The van der Waals surface area contributed by atoms with Crippen molar-refractivity contribution < 1.29 is 9.53 Å². The molecule has 6 heteroatoms. The smallest absolute Gasteiger partial charge is 0.337 e. The van der Waals surface area contributed by atoms with Crippen LogP contribution in [0.4, 0.5) is 0 Å². The molecule has 0 saturated heterocycles. The Bertz CT molecular complexity index is 843. The van der Waals surface area contributed by atoms with Crippen LogP contribution in [-0.4, -0.2) is 27.4 Å². The highest BCUT2D eigenvalue weighted by atomic mass is 79.9. The summed E-state index contributed by atoms with van der Waals surface area (Å²) in [5.74, 6) is 0.490. The Balaban J connectivity index is 2.00. The second kappa shape index (κ2) is 6.04. The molecule has 23 heavy (non-hydrogen) atoms. The van der Waals surface area contributed by atoms with Gasteiger partial charge >= 0.3 is 5.97 Å². The fraction of sp³-hybridized carbons (Fsp3) is 0.176. The van der Waals surface area contributed by atoms with E-state index >= 15 is 0 Å². The van der Waals surface area contributed by atoms with Gasteiger partial charge in [0.2, 0.25) is 0 Å². The van der Waals surface area contributed by atoms with Gasteiger partial charge in [-0.2, -0.15) is 0 Å². The van der Waals surface area contributed by atoms with E-state index in [2.05, 4.69) is 37.7 Å². The summed E-state index contributed by atoms with van der Waals surface area (Å²) >= 11 is 3.55. The Kier molecular flexibility index (Phi) is 4.09. The molecule has 3 rings (SSSR count). The number of rotatable bonds is 3. The third kappa shape index (κ3) is 2.82. The number of esters is 1. The first kappa shape index (κ1) is 15.6. The summed E-state index contributed by atoms with van der Waals surface area (Å²) in [7, 11) is 1.37. The number of methoxy groups -OCH3 is 1. The van der Waals surface area contributed by atoms with Gasteiger partial charge in [-0.15, -0.1) is 5.10 Å². The molecule has 0 aliphatic carbocycles. The molecule has 0 bridgehead atoms. The van der Waals surface area contributed by atoms with Gasteiger partial charge in [0.25, 0.3) is 0 Å². The molecule has 2 aromatic heterocycles. The van der Waals surface area contributed by atoms with Crippen LogP contribution in [-0.2, 0) is 4.74 Å². The monoisotopic (exact) mass is 373 g/mol. The zero-order valence-electron chi connectivity index (χ0n) is 13.1. The minimum absolute atomic E-state index is 0.352. The van der Waals surface area contributed by atoms with E-state index in [1.165, 1.54) is 7.11 Å². The van der Waals surface area contributed by atoms with Crippen molar-refractivity contribution in [1.29, 1.82) is 0 Å². The SMILES string of the molecule is COC(=O)c1ccc(-n2nc(-n3c(C)ccc3C)cc2Br)cc1. The molecule has 0 unspecified atom stereocenters. The van der Waals surface area contributed by atoms with Gasteiger partial charge in [0.1, 0.15) is 4.60 Å². The normalized spacial score (nSPS) is 10.8. The van der Waals surface area contributed by atoms with Crippen molar-refractivity contribution in [3.05, 3.63) is 64.0 Å². The van der Waals surface area contributed by atoms with Crippen molar-refractivity contribution in [2.75, 3.05) is 7.11 Å². The van der Waals surface area contributed by atoms with Crippen LogP contribution in [0.15, 0.2) is 47.1 Å². The van der Waals surface area contributed by atoms with Crippen LogP contribution >= 0.6 is 15.9 Å². The molecule has 0 spiro atoms. The van der Waals surface area contributed by atoms with E-state index < -0.39 is 0 Å². The summed E-state index contributed by atoms with van der Waals surface area (Å²) < 4.78 is 9.42. The van der Waals surface area contributed by atoms with Crippen LogP contribution in [0, 0.1) is 13.8 Å². The van der Waals surface area contributed by atoms with Gasteiger partial charge in [-0.1, -0.05) is 0 Å². The third-order valence-electron chi connectivity index (χ3n) is 3.69. The topological polar surface area (TPSA) is 49.1 Å². The largest absolute Gasteiger partial charge is 0.465 e. The quantitative estimate of drug-likeness (QED) is 0.655. The van der Waals surface area contributed by atoms with E-state index in [0.717, 1.165) is 27.5 Å². The number of carbonyl (C=O) groups is 1. The van der Waals surface area contributed by atoms with Crippen LogP contribution in [0.3, 0.4) is 0 Å². The van der Waals surface area contributed by atoms with Gasteiger partial charge in [-0.3, -0.25) is 0 Å². The number of nitrogens with zero attached hydrogens (tertiary/aromatic N) is 3. The summed E-state index contributed by atoms with van der Waals surface area (Å²) in [4.78, 5) is 11.5. The van der Waals surface area contributed by atoms with Crippen molar-refractivity contribution in [2.24, 2.45) is 0 Å². The average molecular weight is 374 g/mol. The molecule has 0 aliphatic heterocycles. The predicted molar refractivity (Wildman–Crippen MR) is 91.4 cm³/mol. The molecule has 0 aliphatic rings. The number of halogens is 1. The molecular weight excluding hydrogens is 358 g/mol. The van der Waals surface area contributed by atoms with Crippen LogP contribution in [0.5, 0.6) is 0 Å². The maximum absolute atomic E-state index is 11.5. The fourth-order valence-corrected chi connectivity index (χ4v) is 3.01. The first-order valence-electron chi connectivity index (χ1n) is 7.11. The van der Waals surface area contributed by atoms with Gasteiger partial charge in [0.15, 0.2) is 5.82 Å². The zero-order chi connectivity index (χ0) is 16.6. The molecule has 0 radical (unpaired) electrons. The lowest BCUT2D eigenvalue weighted by atomic mass is 10.2. The molecule has 3 aromatic rings. The minimum atomic E-state index is -0.352. The second-order valence-corrected chi connectivity index (χ2v) is 6.04. The van der Waals surface area contributed by atoms with Crippen molar-refractivity contribution in [2.45, 2.75) is 13.8 Å². The number of aryl methyl sites for hydroxylation is 2. The average Bonchev–Trinajstić information content (AvgIpc) is 3.09. The molecule has 0 amide bonds. The van der Waals surface area contributed by atoms with Crippen LogP contribution in [0.2, 0.25) is 0 Å². The van der Waals surface area contributed by atoms with E-state index in [1.807, 2.05) is 32.0 Å². The highest BCUT2D eigenvalue weighted by Crippen LogP contribution is 2.23. The Morgan fingerprint density at radius 1 is 1.09 bits per heavy atom. The second-order valence-electron chi connectivity index (χ2n) is 5.23. The zero-order valence-corrected chi connectivity index (χ0v) is 14.7. The van der Waals surface area contributed by atoms with Gasteiger partial charge in [0.05, 0.1) is 18.4 Å². The Labute approximate surface area is 142 Å². The molecule has 5 nitrogen and oxygen atoms in total. The summed E-state index contributed by atoms with van der Waals surface area (Å²) in [5, 5.41) is 4.66. The number of benzene rings is 1. The summed E-state index contributed by atoms with van der Waals surface area (Å²) in [5.41, 5.74) is 3.62. The highest BCUT2D eigenvalue weighted by molar-refractivity contribution is 9.10. The Morgan fingerprint density at radius 3 is 2.26 bits per heavy atom. The first-order valence-corrected chi connectivity index (χ1v) is 7.90. The van der Waals surface area contributed by atoms with E-state index in [1.54, 1.807) is 16.8 Å². The van der Waals surface area contributed by atoms with Crippen LogP contribution in [0.1, 0.15) is 21.7 Å². The van der Waals surface area contributed by atoms with E-state index in [0.29, 0.717) is 5.56 Å². The summed E-state index contributed by atoms with van der Waals surface area (Å²) in [6, 6.07) is 13.2. The number of hydrogen-bond acceptors (Lipinski definition) is 3. The highest BCUT2D eigenvalue weighted by Gasteiger charge is 2.12. The lowest BCUT2D eigenvalue weighted by Crippen LogP contribution is -2.04.